The number of ether oxygens (including phenoxy) is 2. The van der Waals surface area contributed by atoms with Crippen molar-refractivity contribution in [3.63, 3.8) is 0 Å². The van der Waals surface area contributed by atoms with Crippen molar-refractivity contribution in [3.8, 4) is 35.2 Å². The molecule has 0 radical (unpaired) electrons. The fourth-order valence-electron chi connectivity index (χ4n) is 5.55. The van der Waals surface area contributed by atoms with E-state index in [0.717, 1.165) is 54.1 Å². The molecule has 2 aromatic carbocycles. The van der Waals surface area contributed by atoms with E-state index in [1.807, 2.05) is 36.4 Å². The number of hydrogen-bond donors (Lipinski definition) is 1. The number of aliphatic hydroxyl groups is 1. The molecular formula is C27H25N3O3. The van der Waals surface area contributed by atoms with Gasteiger partial charge in [-0.15, -0.1) is 6.42 Å². The van der Waals surface area contributed by atoms with Gasteiger partial charge in [0.15, 0.2) is 17.3 Å². The summed E-state index contributed by atoms with van der Waals surface area (Å²) in [6.45, 7) is 2.06. The van der Waals surface area contributed by atoms with Crippen LogP contribution in [0, 0.1) is 18.3 Å². The quantitative estimate of drug-likeness (QED) is 0.629. The summed E-state index contributed by atoms with van der Waals surface area (Å²) in [7, 11) is 0. The predicted molar refractivity (Wildman–Crippen MR) is 124 cm³/mol. The highest BCUT2D eigenvalue weighted by Crippen LogP contribution is 2.47. The largest absolute Gasteiger partial charge is 0.454 e. The molecular weight excluding hydrogens is 414 g/mol. The van der Waals surface area contributed by atoms with Gasteiger partial charge in [-0.2, -0.15) is 0 Å². The maximum atomic E-state index is 12.1. The van der Waals surface area contributed by atoms with Crippen LogP contribution in [0.25, 0.3) is 11.4 Å². The zero-order valence-corrected chi connectivity index (χ0v) is 18.3. The Kier molecular flexibility index (Phi) is 4.83. The SMILES string of the molecule is C#CC1N2CCC(CC2)C1(O)c1cnc(-c2ccc3c(c2)OCO3)nc1Cc1ccccc1. The van der Waals surface area contributed by atoms with E-state index in [1.165, 1.54) is 0 Å². The third kappa shape index (κ3) is 3.28. The molecule has 3 fully saturated rings. The molecule has 166 valence electrons. The molecule has 2 atom stereocenters. The lowest BCUT2D eigenvalue weighted by atomic mass is 9.66. The zero-order chi connectivity index (χ0) is 22.4. The highest BCUT2D eigenvalue weighted by atomic mass is 16.7. The van der Waals surface area contributed by atoms with Gasteiger partial charge < -0.3 is 14.6 Å². The minimum absolute atomic E-state index is 0.0954. The number of hydrogen-bond acceptors (Lipinski definition) is 6. The Hall–Kier alpha value is -3.40. The van der Waals surface area contributed by atoms with E-state index in [4.69, 9.17) is 25.9 Å². The number of nitrogens with zero attached hydrogens (tertiary/aromatic N) is 3. The number of fused-ring (bicyclic) bond motifs is 4. The summed E-state index contributed by atoms with van der Waals surface area (Å²) in [6, 6.07) is 15.5. The molecule has 0 aliphatic carbocycles. The fraction of sp³-hybridized carbons (Fsp3) is 0.333. The Morgan fingerprint density at radius 2 is 1.88 bits per heavy atom. The van der Waals surface area contributed by atoms with Crippen LogP contribution in [0.4, 0.5) is 0 Å². The van der Waals surface area contributed by atoms with Crippen molar-refractivity contribution in [2.75, 3.05) is 19.9 Å². The summed E-state index contributed by atoms with van der Waals surface area (Å²) in [6.07, 6.45) is 10.2. The molecule has 6 nitrogen and oxygen atoms in total. The van der Waals surface area contributed by atoms with Gasteiger partial charge in [0.25, 0.3) is 0 Å². The van der Waals surface area contributed by atoms with Gasteiger partial charge in [-0.1, -0.05) is 36.3 Å². The topological polar surface area (TPSA) is 67.7 Å². The van der Waals surface area contributed by atoms with E-state index in [2.05, 4.69) is 23.0 Å². The van der Waals surface area contributed by atoms with E-state index in [1.54, 1.807) is 6.20 Å². The first-order valence-electron chi connectivity index (χ1n) is 11.4. The van der Waals surface area contributed by atoms with E-state index in [-0.39, 0.29) is 18.8 Å². The summed E-state index contributed by atoms with van der Waals surface area (Å²) in [5.74, 6) is 4.97. The number of terminal acetylenes is 1. The number of benzene rings is 2. The van der Waals surface area contributed by atoms with Gasteiger partial charge in [-0.05, 0) is 55.6 Å². The van der Waals surface area contributed by atoms with Gasteiger partial charge in [0.1, 0.15) is 11.6 Å². The summed E-state index contributed by atoms with van der Waals surface area (Å²) >= 11 is 0. The van der Waals surface area contributed by atoms with Crippen molar-refractivity contribution in [1.82, 2.24) is 14.9 Å². The molecule has 4 aliphatic heterocycles. The first-order chi connectivity index (χ1) is 16.2. The van der Waals surface area contributed by atoms with E-state index >= 15 is 0 Å². The minimum atomic E-state index is -1.16. The molecule has 2 unspecified atom stereocenters. The average molecular weight is 440 g/mol. The van der Waals surface area contributed by atoms with Crippen LogP contribution in [0.5, 0.6) is 11.5 Å². The Morgan fingerprint density at radius 3 is 2.67 bits per heavy atom. The van der Waals surface area contributed by atoms with Crippen LogP contribution in [-0.2, 0) is 12.0 Å². The lowest BCUT2D eigenvalue weighted by Crippen LogP contribution is -2.63. The van der Waals surface area contributed by atoms with Crippen LogP contribution in [0.2, 0.25) is 0 Å². The number of aromatic nitrogens is 2. The molecule has 5 heterocycles. The highest BCUT2D eigenvalue weighted by molar-refractivity contribution is 5.62. The standard InChI is InChI=1S/C27H25N3O3/c1-2-25-27(31,20-10-12-30(25)13-11-20)21-16-28-26(19-8-9-23-24(15-19)33-17-32-23)29-22(21)14-18-6-4-3-5-7-18/h1,3-9,15-16,20,25,31H,10-14,17H2. The molecule has 2 bridgehead atoms. The molecule has 1 N–H and O–H groups in total. The van der Waals surface area contributed by atoms with Crippen molar-refractivity contribution in [2.24, 2.45) is 5.92 Å². The van der Waals surface area contributed by atoms with Gasteiger partial charge in [-0.3, -0.25) is 4.90 Å². The molecule has 3 saturated heterocycles. The van der Waals surface area contributed by atoms with E-state index in [9.17, 15) is 5.11 Å². The van der Waals surface area contributed by atoms with Crippen LogP contribution < -0.4 is 9.47 Å². The second-order valence-electron chi connectivity index (χ2n) is 8.99. The maximum Gasteiger partial charge on any atom is 0.231 e. The van der Waals surface area contributed by atoms with Crippen molar-refractivity contribution in [2.45, 2.75) is 30.9 Å². The van der Waals surface area contributed by atoms with Crippen LogP contribution in [0.3, 0.4) is 0 Å². The third-order valence-electron chi connectivity index (χ3n) is 7.24. The lowest BCUT2D eigenvalue weighted by molar-refractivity contribution is -0.143. The lowest BCUT2D eigenvalue weighted by Gasteiger charge is -2.54. The molecule has 6 heteroatoms. The van der Waals surface area contributed by atoms with Gasteiger partial charge in [0, 0.05) is 23.7 Å². The molecule has 4 aliphatic rings. The zero-order valence-electron chi connectivity index (χ0n) is 18.3. The van der Waals surface area contributed by atoms with Crippen LogP contribution in [0.1, 0.15) is 29.7 Å². The van der Waals surface area contributed by atoms with Gasteiger partial charge in [0.05, 0.1) is 5.69 Å². The second-order valence-corrected chi connectivity index (χ2v) is 8.99. The maximum absolute atomic E-state index is 12.1. The summed E-state index contributed by atoms with van der Waals surface area (Å²) < 4.78 is 11.0. The molecule has 33 heavy (non-hydrogen) atoms. The Balaban J connectivity index is 1.47. The molecule has 0 saturated carbocycles. The van der Waals surface area contributed by atoms with Crippen molar-refractivity contribution in [1.29, 1.82) is 0 Å². The van der Waals surface area contributed by atoms with Gasteiger partial charge in [0.2, 0.25) is 6.79 Å². The summed E-state index contributed by atoms with van der Waals surface area (Å²) in [5, 5.41) is 12.1. The molecule has 3 aromatic rings. The monoisotopic (exact) mass is 439 g/mol. The highest BCUT2D eigenvalue weighted by Gasteiger charge is 2.54. The van der Waals surface area contributed by atoms with Crippen molar-refractivity contribution in [3.05, 3.63) is 71.5 Å². The van der Waals surface area contributed by atoms with Crippen LogP contribution >= 0.6 is 0 Å². The first-order valence-corrected chi connectivity index (χ1v) is 11.4. The molecule has 1 aromatic heterocycles. The second kappa shape index (κ2) is 7.87. The normalized spacial score (nSPS) is 27.3. The Labute approximate surface area is 193 Å². The van der Waals surface area contributed by atoms with Gasteiger partial charge in [-0.25, -0.2) is 9.97 Å². The van der Waals surface area contributed by atoms with Crippen LogP contribution in [-0.4, -0.2) is 45.9 Å². The molecule has 7 rings (SSSR count). The first kappa shape index (κ1) is 20.2. The van der Waals surface area contributed by atoms with E-state index in [0.29, 0.717) is 18.0 Å². The van der Waals surface area contributed by atoms with E-state index < -0.39 is 5.60 Å². The van der Waals surface area contributed by atoms with Gasteiger partial charge >= 0.3 is 0 Å². The number of rotatable bonds is 4. The molecule has 0 amide bonds. The third-order valence-corrected chi connectivity index (χ3v) is 7.24. The smallest absolute Gasteiger partial charge is 0.231 e. The van der Waals surface area contributed by atoms with Crippen LogP contribution in [0.15, 0.2) is 54.7 Å². The number of piperidine rings is 3. The van der Waals surface area contributed by atoms with Crippen molar-refractivity contribution >= 4 is 0 Å². The Morgan fingerprint density at radius 1 is 1.09 bits per heavy atom. The average Bonchev–Trinajstić information content (AvgIpc) is 3.33. The fourth-order valence-corrected chi connectivity index (χ4v) is 5.55. The minimum Gasteiger partial charge on any atom is -0.454 e. The Bertz CT molecular complexity index is 1230. The summed E-state index contributed by atoms with van der Waals surface area (Å²) in [4.78, 5) is 11.9. The molecule has 0 spiro atoms. The van der Waals surface area contributed by atoms with Crippen molar-refractivity contribution < 1.29 is 14.6 Å². The predicted octanol–water partition coefficient (Wildman–Crippen LogP) is 3.38. The summed E-state index contributed by atoms with van der Waals surface area (Å²) in [5.41, 5.74) is 2.35.